The molecule has 1 aromatic heterocycles. The van der Waals surface area contributed by atoms with Gasteiger partial charge < -0.3 is 29.2 Å². The molecule has 0 saturated carbocycles. The second kappa shape index (κ2) is 7.50. The minimum atomic E-state index is -0.457. The van der Waals surface area contributed by atoms with Gasteiger partial charge in [-0.05, 0) is 40.0 Å². The van der Waals surface area contributed by atoms with Gasteiger partial charge in [-0.15, -0.1) is 0 Å². The lowest BCUT2D eigenvalue weighted by Crippen LogP contribution is -2.07. The van der Waals surface area contributed by atoms with Crippen molar-refractivity contribution >= 4 is 21.9 Å². The summed E-state index contributed by atoms with van der Waals surface area (Å²) in [7, 11) is 1.42. The third-order valence-electron chi connectivity index (χ3n) is 5.89. The number of allylic oxidation sites excluding steroid dienone is 2. The molecular weight excluding hydrogens is 400 g/mol. The molecule has 1 fully saturated rings. The van der Waals surface area contributed by atoms with Crippen LogP contribution in [0.4, 0.5) is 0 Å². The van der Waals surface area contributed by atoms with Crippen molar-refractivity contribution in [2.75, 3.05) is 7.11 Å². The number of aromatic hydroxyl groups is 3. The summed E-state index contributed by atoms with van der Waals surface area (Å²) in [4.78, 5) is 13.3. The molecule has 0 bridgehead atoms. The van der Waals surface area contributed by atoms with E-state index in [0.717, 1.165) is 24.5 Å². The van der Waals surface area contributed by atoms with Crippen LogP contribution in [0.15, 0.2) is 39.1 Å². The molecule has 1 atom stereocenters. The molecule has 4 rings (SSSR count). The number of phenols is 3. The number of rotatable bonds is 6. The monoisotopic (exact) mass is 426 g/mol. The Morgan fingerprint density at radius 3 is 2.45 bits per heavy atom. The minimum absolute atomic E-state index is 0.0317. The zero-order valence-corrected chi connectivity index (χ0v) is 18.0. The average Bonchev–Trinajstić information content (AvgIpc) is 3.29. The maximum atomic E-state index is 13.3. The van der Waals surface area contributed by atoms with Gasteiger partial charge in [0.25, 0.3) is 0 Å². The molecule has 31 heavy (non-hydrogen) atoms. The van der Waals surface area contributed by atoms with E-state index in [0.29, 0.717) is 12.0 Å². The van der Waals surface area contributed by atoms with Gasteiger partial charge in [0.05, 0.1) is 24.2 Å². The second-order valence-corrected chi connectivity index (χ2v) is 8.55. The fourth-order valence-corrected chi connectivity index (χ4v) is 4.05. The number of methoxy groups -OCH3 is 1. The van der Waals surface area contributed by atoms with Crippen LogP contribution < -0.4 is 10.2 Å². The molecule has 7 nitrogen and oxygen atoms in total. The van der Waals surface area contributed by atoms with Crippen molar-refractivity contribution in [3.63, 3.8) is 0 Å². The van der Waals surface area contributed by atoms with Gasteiger partial charge in [0.2, 0.25) is 5.43 Å². The quantitative estimate of drug-likeness (QED) is 0.302. The predicted octanol–water partition coefficient (Wildman–Crippen LogP) is 4.52. The van der Waals surface area contributed by atoms with Crippen LogP contribution in [0.2, 0.25) is 0 Å². The summed E-state index contributed by atoms with van der Waals surface area (Å²) in [5.74, 6) is -0.571. The van der Waals surface area contributed by atoms with E-state index >= 15 is 0 Å². The molecule has 1 aliphatic rings. The number of hydrogen-bond acceptors (Lipinski definition) is 7. The molecular formula is C24H26O7. The normalized spacial score (nSPS) is 17.9. The Morgan fingerprint density at radius 2 is 1.81 bits per heavy atom. The lowest BCUT2D eigenvalue weighted by atomic mass is 9.98. The smallest absolute Gasteiger partial charge is 0.204 e. The SMILES string of the molecule is COc1c(O)cc2oc3cc(O)cc(O)c3c(=O)c2c1CC=C(C)CC[C@@H]1OC1(C)C. The van der Waals surface area contributed by atoms with Crippen LogP contribution in [-0.2, 0) is 11.2 Å². The molecule has 0 amide bonds. The number of fused-ring (bicyclic) bond motifs is 2. The molecule has 0 radical (unpaired) electrons. The van der Waals surface area contributed by atoms with E-state index in [-0.39, 0.29) is 56.6 Å². The van der Waals surface area contributed by atoms with Crippen molar-refractivity contribution in [2.24, 2.45) is 0 Å². The molecule has 1 aliphatic heterocycles. The van der Waals surface area contributed by atoms with Gasteiger partial charge in [0, 0.05) is 23.8 Å². The Hall–Kier alpha value is -3.19. The average molecular weight is 426 g/mol. The highest BCUT2D eigenvalue weighted by Gasteiger charge is 2.46. The van der Waals surface area contributed by atoms with Crippen LogP contribution in [0.3, 0.4) is 0 Å². The van der Waals surface area contributed by atoms with Gasteiger partial charge in [-0.3, -0.25) is 4.79 Å². The third kappa shape index (κ3) is 3.81. The van der Waals surface area contributed by atoms with E-state index in [2.05, 4.69) is 13.8 Å². The minimum Gasteiger partial charge on any atom is -0.508 e. The third-order valence-corrected chi connectivity index (χ3v) is 5.89. The second-order valence-electron chi connectivity index (χ2n) is 8.55. The van der Waals surface area contributed by atoms with Crippen LogP contribution in [0.25, 0.3) is 21.9 Å². The molecule has 0 aliphatic carbocycles. The Morgan fingerprint density at radius 1 is 1.13 bits per heavy atom. The Balaban J connectivity index is 1.80. The largest absolute Gasteiger partial charge is 0.508 e. The van der Waals surface area contributed by atoms with Crippen LogP contribution in [0.5, 0.6) is 23.0 Å². The van der Waals surface area contributed by atoms with E-state index in [9.17, 15) is 20.1 Å². The van der Waals surface area contributed by atoms with E-state index in [1.165, 1.54) is 19.2 Å². The summed E-state index contributed by atoms with van der Waals surface area (Å²) in [5.41, 5.74) is 1.27. The molecule has 164 valence electrons. The van der Waals surface area contributed by atoms with Gasteiger partial charge in [-0.1, -0.05) is 11.6 Å². The standard InChI is InChI=1S/C24H26O7/c1-12(6-8-19-24(2,3)31-19)5-7-14-20-18(11-16(27)23(14)29-4)30-17-10-13(25)9-15(26)21(17)22(20)28/h5,9-11,19,25-27H,6-8H2,1-4H3/t19-/m0/s1. The van der Waals surface area contributed by atoms with Gasteiger partial charge in [0.1, 0.15) is 28.1 Å². The van der Waals surface area contributed by atoms with Crippen molar-refractivity contribution in [3.05, 3.63) is 45.6 Å². The van der Waals surface area contributed by atoms with Crippen molar-refractivity contribution in [1.29, 1.82) is 0 Å². The number of phenolic OH excluding ortho intramolecular Hbond substituents is 3. The van der Waals surface area contributed by atoms with Crippen molar-refractivity contribution in [1.82, 2.24) is 0 Å². The first-order valence-electron chi connectivity index (χ1n) is 10.2. The number of hydrogen-bond donors (Lipinski definition) is 3. The van der Waals surface area contributed by atoms with E-state index in [1.54, 1.807) is 0 Å². The lowest BCUT2D eigenvalue weighted by molar-refractivity contribution is 0.320. The summed E-state index contributed by atoms with van der Waals surface area (Å²) < 4.78 is 16.8. The van der Waals surface area contributed by atoms with Crippen molar-refractivity contribution in [2.45, 2.75) is 51.7 Å². The summed E-state index contributed by atoms with van der Waals surface area (Å²) in [6, 6.07) is 3.65. The van der Waals surface area contributed by atoms with E-state index < -0.39 is 5.43 Å². The zero-order chi connectivity index (χ0) is 22.5. The van der Waals surface area contributed by atoms with Gasteiger partial charge in [0.15, 0.2) is 11.5 Å². The highest BCUT2D eigenvalue weighted by Crippen LogP contribution is 2.40. The molecule has 3 N–H and O–H groups in total. The molecule has 0 spiro atoms. The number of ether oxygens (including phenoxy) is 2. The Labute approximate surface area is 179 Å². The van der Waals surface area contributed by atoms with Crippen LogP contribution in [-0.4, -0.2) is 34.1 Å². The fourth-order valence-electron chi connectivity index (χ4n) is 4.05. The summed E-state index contributed by atoms with van der Waals surface area (Å²) in [6.45, 7) is 6.15. The van der Waals surface area contributed by atoms with Gasteiger partial charge >= 0.3 is 0 Å². The first-order valence-corrected chi connectivity index (χ1v) is 10.2. The summed E-state index contributed by atoms with van der Waals surface area (Å²) >= 11 is 0. The van der Waals surface area contributed by atoms with Crippen molar-refractivity contribution < 1.29 is 29.2 Å². The van der Waals surface area contributed by atoms with E-state index in [1.807, 2.05) is 13.0 Å². The van der Waals surface area contributed by atoms with Crippen molar-refractivity contribution in [3.8, 4) is 23.0 Å². The summed E-state index contributed by atoms with van der Waals surface area (Å²) in [5, 5.41) is 30.6. The van der Waals surface area contributed by atoms with Crippen LogP contribution in [0, 0.1) is 0 Å². The first kappa shape index (κ1) is 21.1. The summed E-state index contributed by atoms with van der Waals surface area (Å²) in [6.07, 6.45) is 4.35. The maximum Gasteiger partial charge on any atom is 0.204 e. The molecule has 2 heterocycles. The fraction of sp³-hybridized carbons (Fsp3) is 0.375. The predicted molar refractivity (Wildman–Crippen MR) is 117 cm³/mol. The molecule has 2 aromatic carbocycles. The number of epoxide rings is 1. The van der Waals surface area contributed by atoms with Gasteiger partial charge in [-0.2, -0.15) is 0 Å². The zero-order valence-electron chi connectivity index (χ0n) is 18.0. The van der Waals surface area contributed by atoms with E-state index in [4.69, 9.17) is 13.9 Å². The highest BCUT2D eigenvalue weighted by atomic mass is 16.6. The topological polar surface area (TPSA) is 113 Å². The lowest BCUT2D eigenvalue weighted by Gasteiger charge is -2.13. The van der Waals surface area contributed by atoms with Gasteiger partial charge in [-0.25, -0.2) is 0 Å². The first-order chi connectivity index (χ1) is 14.6. The molecule has 7 heteroatoms. The van der Waals surface area contributed by atoms with Crippen LogP contribution in [0.1, 0.15) is 39.2 Å². The Bertz CT molecular complexity index is 1270. The number of benzene rings is 2. The molecule has 3 aromatic rings. The Kier molecular flexibility index (Phi) is 5.09. The highest BCUT2D eigenvalue weighted by molar-refractivity contribution is 5.96. The maximum absolute atomic E-state index is 13.3. The molecule has 0 unspecified atom stereocenters. The molecule has 1 saturated heterocycles. The van der Waals surface area contributed by atoms with Crippen LogP contribution >= 0.6 is 0 Å².